The molecule has 0 aliphatic carbocycles. The van der Waals surface area contributed by atoms with Crippen molar-refractivity contribution in [2.24, 2.45) is 0 Å². The van der Waals surface area contributed by atoms with Gasteiger partial charge in [-0.05, 0) is 31.4 Å². The van der Waals surface area contributed by atoms with Gasteiger partial charge in [-0.2, -0.15) is 0 Å². The summed E-state index contributed by atoms with van der Waals surface area (Å²) in [6, 6.07) is 3.28. The van der Waals surface area contributed by atoms with Gasteiger partial charge in [-0.1, -0.05) is 6.07 Å². The van der Waals surface area contributed by atoms with Crippen molar-refractivity contribution in [1.29, 1.82) is 0 Å². The Balaban J connectivity index is 1.51. The van der Waals surface area contributed by atoms with Crippen LogP contribution in [0.15, 0.2) is 24.5 Å². The number of hydrogen-bond acceptors (Lipinski definition) is 6. The molecule has 1 aromatic carbocycles. The summed E-state index contributed by atoms with van der Waals surface area (Å²) in [7, 11) is 0. The van der Waals surface area contributed by atoms with E-state index in [1.54, 1.807) is 0 Å². The monoisotopic (exact) mass is 418 g/mol. The van der Waals surface area contributed by atoms with E-state index in [1.165, 1.54) is 23.7 Å². The van der Waals surface area contributed by atoms with Gasteiger partial charge in [-0.25, -0.2) is 18.7 Å². The van der Waals surface area contributed by atoms with Gasteiger partial charge >= 0.3 is 0 Å². The van der Waals surface area contributed by atoms with E-state index in [-0.39, 0.29) is 24.1 Å². The number of hydrogen-bond donors (Lipinski definition) is 2. The minimum Gasteiger partial charge on any atom is -0.376 e. The van der Waals surface area contributed by atoms with E-state index >= 15 is 0 Å². The number of rotatable bonds is 6. The fourth-order valence-electron chi connectivity index (χ4n) is 3.36. The second kappa shape index (κ2) is 8.38. The summed E-state index contributed by atoms with van der Waals surface area (Å²) in [5, 5.41) is 6.80. The molecule has 0 radical (unpaired) electrons. The minimum absolute atomic E-state index is 0.0333. The van der Waals surface area contributed by atoms with Crippen molar-refractivity contribution in [3.8, 4) is 0 Å². The molecule has 3 aromatic rings. The number of aromatic nitrogens is 2. The Morgan fingerprint density at radius 1 is 1.34 bits per heavy atom. The molecule has 4 rings (SSSR count). The summed E-state index contributed by atoms with van der Waals surface area (Å²) in [5.74, 6) is -1.01. The first-order chi connectivity index (χ1) is 14.0. The molecule has 0 unspecified atom stereocenters. The summed E-state index contributed by atoms with van der Waals surface area (Å²) in [5.41, 5.74) is 0.981. The molecule has 3 heterocycles. The van der Waals surface area contributed by atoms with Crippen LogP contribution in [0, 0.1) is 18.6 Å². The Morgan fingerprint density at radius 3 is 2.97 bits per heavy atom. The summed E-state index contributed by atoms with van der Waals surface area (Å²) in [6.07, 6.45) is 3.69. The molecule has 1 amide bonds. The summed E-state index contributed by atoms with van der Waals surface area (Å²) in [6.45, 7) is 3.23. The van der Waals surface area contributed by atoms with Crippen molar-refractivity contribution in [2.45, 2.75) is 32.4 Å². The zero-order chi connectivity index (χ0) is 20.4. The third-order valence-corrected chi connectivity index (χ3v) is 6.11. The van der Waals surface area contributed by atoms with Crippen LogP contribution in [-0.4, -0.2) is 35.1 Å². The lowest BCUT2D eigenvalue weighted by Crippen LogP contribution is -2.23. The highest BCUT2D eigenvalue weighted by atomic mass is 32.1. The predicted molar refractivity (Wildman–Crippen MR) is 107 cm³/mol. The smallest absolute Gasteiger partial charge is 0.261 e. The van der Waals surface area contributed by atoms with Gasteiger partial charge in [0.25, 0.3) is 5.91 Å². The number of carbonyl (C=O) groups excluding carboxylic acids is 1. The number of nitrogens with zero attached hydrogens (tertiary/aromatic N) is 2. The van der Waals surface area contributed by atoms with Crippen molar-refractivity contribution in [3.05, 3.63) is 52.2 Å². The number of ether oxygens (including phenoxy) is 1. The van der Waals surface area contributed by atoms with Crippen LogP contribution >= 0.6 is 11.3 Å². The fraction of sp³-hybridized carbons (Fsp3) is 0.350. The number of fused-ring (bicyclic) bond motifs is 1. The number of nitrogens with one attached hydrogen (secondary N) is 2. The third-order valence-electron chi connectivity index (χ3n) is 4.91. The maximum Gasteiger partial charge on any atom is 0.261 e. The molecule has 1 aliphatic rings. The molecule has 1 aliphatic heterocycles. The van der Waals surface area contributed by atoms with Crippen molar-refractivity contribution >= 4 is 33.3 Å². The Kier molecular flexibility index (Phi) is 5.68. The number of benzene rings is 1. The highest BCUT2D eigenvalue weighted by Gasteiger charge is 2.21. The van der Waals surface area contributed by atoms with Gasteiger partial charge in [0, 0.05) is 31.3 Å². The Bertz CT molecular complexity index is 1050. The standard InChI is InChI=1S/C20H20F2N4O2S/c1-11-16-18(23-9-14-3-2-6-28-14)25-10-26-20(16)29-17(11)19(27)24-8-12-4-5-13(21)7-15(12)22/h4-5,7,10,14H,2-3,6,8-9H2,1H3,(H,24,27)(H,23,25,26)/t14-/m1/s1. The minimum atomic E-state index is -0.690. The molecule has 1 fully saturated rings. The Morgan fingerprint density at radius 2 is 2.21 bits per heavy atom. The predicted octanol–water partition coefficient (Wildman–Crippen LogP) is 3.80. The molecular weight excluding hydrogens is 398 g/mol. The van der Waals surface area contributed by atoms with Gasteiger partial charge in [0.2, 0.25) is 0 Å². The van der Waals surface area contributed by atoms with E-state index in [0.717, 1.165) is 42.5 Å². The van der Waals surface area contributed by atoms with Crippen LogP contribution in [-0.2, 0) is 11.3 Å². The van der Waals surface area contributed by atoms with E-state index in [0.29, 0.717) is 22.1 Å². The lowest BCUT2D eigenvalue weighted by atomic mass is 10.1. The quantitative estimate of drug-likeness (QED) is 0.637. The lowest BCUT2D eigenvalue weighted by Gasteiger charge is -2.12. The van der Waals surface area contributed by atoms with Gasteiger partial charge in [0.05, 0.1) is 16.4 Å². The molecule has 9 heteroatoms. The van der Waals surface area contributed by atoms with E-state index in [2.05, 4.69) is 20.6 Å². The van der Waals surface area contributed by atoms with Gasteiger partial charge in [-0.15, -0.1) is 11.3 Å². The average molecular weight is 418 g/mol. The van der Waals surface area contributed by atoms with Crippen LogP contribution < -0.4 is 10.6 Å². The van der Waals surface area contributed by atoms with Crippen LogP contribution in [0.1, 0.15) is 33.6 Å². The summed E-state index contributed by atoms with van der Waals surface area (Å²) >= 11 is 1.26. The second-order valence-electron chi connectivity index (χ2n) is 6.89. The number of thiophene rings is 1. The lowest BCUT2D eigenvalue weighted by molar-refractivity contribution is 0.0954. The molecule has 1 saturated heterocycles. The van der Waals surface area contributed by atoms with Crippen LogP contribution in [0.25, 0.3) is 10.2 Å². The molecular formula is C20H20F2N4O2S. The van der Waals surface area contributed by atoms with Crippen LogP contribution in [0.5, 0.6) is 0 Å². The fourth-order valence-corrected chi connectivity index (χ4v) is 4.42. The molecule has 2 N–H and O–H groups in total. The van der Waals surface area contributed by atoms with Crippen LogP contribution in [0.2, 0.25) is 0 Å². The average Bonchev–Trinajstić information content (AvgIpc) is 3.34. The molecule has 0 bridgehead atoms. The molecule has 29 heavy (non-hydrogen) atoms. The van der Waals surface area contributed by atoms with E-state index in [1.807, 2.05) is 6.92 Å². The third kappa shape index (κ3) is 4.20. The maximum atomic E-state index is 13.8. The van der Waals surface area contributed by atoms with Crippen LogP contribution in [0.4, 0.5) is 14.6 Å². The topological polar surface area (TPSA) is 76.1 Å². The first-order valence-electron chi connectivity index (χ1n) is 9.34. The SMILES string of the molecule is Cc1c(C(=O)NCc2ccc(F)cc2F)sc2ncnc(NC[C@H]3CCCO3)c12. The maximum absolute atomic E-state index is 13.8. The second-order valence-corrected chi connectivity index (χ2v) is 7.89. The van der Waals surface area contributed by atoms with Crippen LogP contribution in [0.3, 0.4) is 0 Å². The number of aryl methyl sites for hydroxylation is 1. The Labute approximate surface area is 170 Å². The highest BCUT2D eigenvalue weighted by molar-refractivity contribution is 7.20. The molecule has 6 nitrogen and oxygen atoms in total. The normalized spacial score (nSPS) is 16.3. The molecule has 0 saturated carbocycles. The van der Waals surface area contributed by atoms with Gasteiger partial charge in [0.15, 0.2) is 0 Å². The van der Waals surface area contributed by atoms with Crippen molar-refractivity contribution in [1.82, 2.24) is 15.3 Å². The zero-order valence-corrected chi connectivity index (χ0v) is 16.6. The highest BCUT2D eigenvalue weighted by Crippen LogP contribution is 2.33. The van der Waals surface area contributed by atoms with Crippen molar-refractivity contribution in [2.75, 3.05) is 18.5 Å². The van der Waals surface area contributed by atoms with Crippen molar-refractivity contribution < 1.29 is 18.3 Å². The van der Waals surface area contributed by atoms with Crippen molar-refractivity contribution in [3.63, 3.8) is 0 Å². The number of anilines is 1. The molecule has 0 spiro atoms. The molecule has 152 valence electrons. The summed E-state index contributed by atoms with van der Waals surface area (Å²) < 4.78 is 32.4. The largest absolute Gasteiger partial charge is 0.376 e. The first-order valence-corrected chi connectivity index (χ1v) is 10.2. The van der Waals surface area contributed by atoms with E-state index < -0.39 is 11.6 Å². The number of halogens is 2. The number of carbonyl (C=O) groups is 1. The van der Waals surface area contributed by atoms with Gasteiger partial charge in [-0.3, -0.25) is 4.79 Å². The summed E-state index contributed by atoms with van der Waals surface area (Å²) in [4.78, 5) is 22.5. The Hall–Kier alpha value is -2.65. The van der Waals surface area contributed by atoms with E-state index in [9.17, 15) is 13.6 Å². The number of amides is 1. The van der Waals surface area contributed by atoms with Gasteiger partial charge in [0.1, 0.15) is 28.6 Å². The van der Waals surface area contributed by atoms with Gasteiger partial charge < -0.3 is 15.4 Å². The molecule has 2 aromatic heterocycles. The molecule has 1 atom stereocenters. The zero-order valence-electron chi connectivity index (χ0n) is 15.8. The van der Waals surface area contributed by atoms with E-state index in [4.69, 9.17) is 4.74 Å². The first kappa shape index (κ1) is 19.7.